The van der Waals surface area contributed by atoms with E-state index in [1.165, 1.54) is 84.5 Å². The lowest BCUT2D eigenvalue weighted by molar-refractivity contribution is -0.177. The fraction of sp³-hybridized carbons (Fsp3) is 0.686. The van der Waals surface area contributed by atoms with E-state index >= 15 is 0 Å². The molecule has 0 aromatic heterocycles. The third-order valence-electron chi connectivity index (χ3n) is 13.8. The van der Waals surface area contributed by atoms with Gasteiger partial charge in [0.2, 0.25) is 41.4 Å². The van der Waals surface area contributed by atoms with Crippen molar-refractivity contribution in [2.75, 3.05) is 41.3 Å². The van der Waals surface area contributed by atoms with Crippen molar-refractivity contribution in [3.05, 3.63) is 29.8 Å². The van der Waals surface area contributed by atoms with Crippen LogP contribution in [0, 0.1) is 29.1 Å². The molecule has 1 aromatic carbocycles. The Hall–Kier alpha value is -6.08. The van der Waals surface area contributed by atoms with Gasteiger partial charge >= 0.3 is 5.97 Å². The number of hydrogen-bond acceptors (Lipinski definition) is 12. The first-order valence-electron chi connectivity index (χ1n) is 24.6. The summed E-state index contributed by atoms with van der Waals surface area (Å²) in [4.78, 5) is 143. The average molecular weight is 999 g/mol. The molecule has 1 aliphatic rings. The van der Waals surface area contributed by atoms with E-state index in [-0.39, 0.29) is 25.2 Å². The van der Waals surface area contributed by atoms with E-state index in [9.17, 15) is 47.9 Å². The third-order valence-corrected chi connectivity index (χ3v) is 13.8. The molecule has 398 valence electrons. The molecule has 0 saturated carbocycles. The zero-order valence-electron chi connectivity index (χ0n) is 45.1. The quantitative estimate of drug-likeness (QED) is 0.176. The summed E-state index contributed by atoms with van der Waals surface area (Å²) < 4.78 is 11.2. The van der Waals surface area contributed by atoms with E-state index in [0.29, 0.717) is 17.7 Å². The maximum absolute atomic E-state index is 14.6. The molecule has 71 heavy (non-hydrogen) atoms. The summed E-state index contributed by atoms with van der Waals surface area (Å²) in [6.45, 7) is 19.7. The number of carbonyl (C=O) groups is 10. The first-order chi connectivity index (χ1) is 32.9. The zero-order chi connectivity index (χ0) is 54.5. The van der Waals surface area contributed by atoms with Gasteiger partial charge in [-0.15, -0.1) is 0 Å². The van der Waals surface area contributed by atoms with Gasteiger partial charge in [-0.05, 0) is 90.3 Å². The number of likely N-dealkylation sites (N-methyl/N-ethyl adjacent to an activating group) is 3. The lowest BCUT2D eigenvalue weighted by atomic mass is 9.83. The maximum Gasteiger partial charge on any atom is 0.311 e. The molecule has 0 unspecified atom stereocenters. The van der Waals surface area contributed by atoms with E-state index in [4.69, 9.17) is 9.47 Å². The van der Waals surface area contributed by atoms with Crippen LogP contribution in [0.2, 0.25) is 0 Å². The van der Waals surface area contributed by atoms with Crippen molar-refractivity contribution in [2.24, 2.45) is 29.1 Å². The standard InChI is InChI=1S/C51H82N8O12/c1-18-30(7)51(13)49(69)53-27-39(60)57(14)37(24-28(3)4)44(64)52-26-40(61)59(16)41(29(5)6)46(66)58(15)38(25-34-20-22-35(70-17)23-21-34)45(65)54-32(9)42(62)50(11,12)48(68)55-33(10)43(63)56-36(19-2)31(8)47(67)71-51/h20-23,28-33,36-38,41H,18-19,24-27H2,1-17H3,(H,52,64)(H,53,69)(H,54,65)(H,55,68)(H,56,63)/t30-,31+,32-,33-,36+,37-,38+,41-,51+/m0/s1. The smallest absolute Gasteiger partial charge is 0.311 e. The van der Waals surface area contributed by atoms with Gasteiger partial charge in [0.25, 0.3) is 5.91 Å². The highest BCUT2D eigenvalue weighted by atomic mass is 16.6. The number of Topliss-reactive ketones (excluding diaryl/α,β-unsaturated/α-hetero) is 1. The third kappa shape index (κ3) is 15.7. The Morgan fingerprint density at radius 3 is 1.77 bits per heavy atom. The summed E-state index contributed by atoms with van der Waals surface area (Å²) in [6, 6.07) is 0.0196. The van der Waals surface area contributed by atoms with Crippen LogP contribution in [0.25, 0.3) is 0 Å². The summed E-state index contributed by atoms with van der Waals surface area (Å²) in [5.74, 6) is -8.70. The molecule has 2 rings (SSSR count). The van der Waals surface area contributed by atoms with Crippen molar-refractivity contribution in [2.45, 2.75) is 158 Å². The molecule has 8 amide bonds. The van der Waals surface area contributed by atoms with Crippen LogP contribution in [0.5, 0.6) is 5.75 Å². The van der Waals surface area contributed by atoms with E-state index in [0.717, 1.165) is 0 Å². The average Bonchev–Trinajstić information content (AvgIpc) is 3.32. The van der Waals surface area contributed by atoms with Crippen LogP contribution >= 0.6 is 0 Å². The van der Waals surface area contributed by atoms with Gasteiger partial charge in [-0.25, -0.2) is 0 Å². The van der Waals surface area contributed by atoms with Crippen LogP contribution < -0.4 is 31.3 Å². The molecule has 1 aliphatic heterocycles. The number of benzene rings is 1. The number of amides is 8. The lowest BCUT2D eigenvalue weighted by Crippen LogP contribution is -2.60. The minimum atomic E-state index is -1.80. The van der Waals surface area contributed by atoms with Crippen molar-refractivity contribution < 1.29 is 57.4 Å². The van der Waals surface area contributed by atoms with Gasteiger partial charge in [-0.1, -0.05) is 60.6 Å². The molecule has 0 bridgehead atoms. The zero-order valence-corrected chi connectivity index (χ0v) is 45.1. The Kier molecular flexibility index (Phi) is 22.7. The van der Waals surface area contributed by atoms with Crippen LogP contribution in [-0.2, 0) is 59.1 Å². The first-order valence-corrected chi connectivity index (χ1v) is 24.6. The number of hydrogen-bond donors (Lipinski definition) is 5. The lowest BCUT2D eigenvalue weighted by Gasteiger charge is -2.37. The van der Waals surface area contributed by atoms with E-state index in [1.54, 1.807) is 58.9 Å². The number of nitrogens with one attached hydrogen (secondary N) is 5. The molecule has 0 spiro atoms. The van der Waals surface area contributed by atoms with Gasteiger partial charge in [-0.2, -0.15) is 0 Å². The number of nitrogens with zero attached hydrogens (tertiary/aromatic N) is 3. The Morgan fingerprint density at radius 2 is 1.25 bits per heavy atom. The molecule has 1 fully saturated rings. The molecule has 9 atom stereocenters. The fourth-order valence-electron chi connectivity index (χ4n) is 8.31. The Balaban J connectivity index is 2.71. The van der Waals surface area contributed by atoms with E-state index < -0.39 is 137 Å². The maximum atomic E-state index is 14.6. The van der Waals surface area contributed by atoms with Crippen LogP contribution in [-0.4, -0.2) is 157 Å². The van der Waals surface area contributed by atoms with Crippen molar-refractivity contribution in [1.82, 2.24) is 41.3 Å². The number of ketones is 1. The Bertz CT molecular complexity index is 2090. The van der Waals surface area contributed by atoms with Crippen molar-refractivity contribution in [3.63, 3.8) is 0 Å². The number of rotatable bonds is 9. The predicted octanol–water partition coefficient (Wildman–Crippen LogP) is 2.15. The van der Waals surface area contributed by atoms with Gasteiger partial charge in [-0.3, -0.25) is 47.9 Å². The van der Waals surface area contributed by atoms with Gasteiger partial charge in [0, 0.05) is 39.5 Å². The fourth-order valence-corrected chi connectivity index (χ4v) is 8.31. The minimum Gasteiger partial charge on any atom is -0.497 e. The van der Waals surface area contributed by atoms with Crippen molar-refractivity contribution in [3.8, 4) is 5.75 Å². The van der Waals surface area contributed by atoms with Crippen LogP contribution in [0.3, 0.4) is 0 Å². The predicted molar refractivity (Wildman–Crippen MR) is 266 cm³/mol. The summed E-state index contributed by atoms with van der Waals surface area (Å²) in [6.07, 6.45) is 0.787. The summed E-state index contributed by atoms with van der Waals surface area (Å²) in [7, 11) is 5.72. The van der Waals surface area contributed by atoms with Gasteiger partial charge in [0.15, 0.2) is 11.4 Å². The molecule has 1 aromatic rings. The molecule has 5 N–H and O–H groups in total. The van der Waals surface area contributed by atoms with Crippen molar-refractivity contribution >= 4 is 59.0 Å². The molecule has 20 nitrogen and oxygen atoms in total. The second-order valence-corrected chi connectivity index (χ2v) is 20.3. The van der Waals surface area contributed by atoms with Gasteiger partial charge in [0.05, 0.1) is 32.2 Å². The number of ether oxygens (including phenoxy) is 2. The van der Waals surface area contributed by atoms with Crippen LogP contribution in [0.15, 0.2) is 24.3 Å². The topological polar surface area (TPSA) is 259 Å². The van der Waals surface area contributed by atoms with Crippen molar-refractivity contribution in [1.29, 1.82) is 0 Å². The molecule has 0 aliphatic carbocycles. The number of cyclic esters (lactones) is 1. The number of esters is 1. The van der Waals surface area contributed by atoms with Gasteiger partial charge < -0.3 is 50.8 Å². The summed E-state index contributed by atoms with van der Waals surface area (Å²) >= 11 is 0. The number of methoxy groups -OCH3 is 1. The summed E-state index contributed by atoms with van der Waals surface area (Å²) in [5.41, 5.74) is -2.95. The van der Waals surface area contributed by atoms with Gasteiger partial charge in [0.1, 0.15) is 35.3 Å². The highest BCUT2D eigenvalue weighted by molar-refractivity contribution is 6.09. The highest BCUT2D eigenvalue weighted by Crippen LogP contribution is 2.28. The monoisotopic (exact) mass is 999 g/mol. The molecule has 0 radical (unpaired) electrons. The van der Waals surface area contributed by atoms with Crippen LogP contribution in [0.4, 0.5) is 0 Å². The second kappa shape index (κ2) is 26.4. The Morgan fingerprint density at radius 1 is 0.690 bits per heavy atom. The second-order valence-electron chi connectivity index (χ2n) is 20.3. The van der Waals surface area contributed by atoms with E-state index in [2.05, 4.69) is 26.6 Å². The summed E-state index contributed by atoms with van der Waals surface area (Å²) in [5, 5.41) is 13.3. The molecule has 1 saturated heterocycles. The Labute approximate surface area is 420 Å². The minimum absolute atomic E-state index is 0.0343. The highest BCUT2D eigenvalue weighted by Gasteiger charge is 2.46. The largest absolute Gasteiger partial charge is 0.497 e. The normalized spacial score (nSPS) is 27.6. The molecular weight excluding hydrogens is 917 g/mol. The number of carbonyl (C=O) groups excluding carboxylic acids is 10. The molecule has 1 heterocycles. The molecule has 20 heteroatoms. The molecular formula is C51H82N8O12. The first kappa shape index (κ1) is 61.0. The van der Waals surface area contributed by atoms with Crippen LogP contribution in [0.1, 0.15) is 115 Å². The van der Waals surface area contributed by atoms with E-state index in [1.807, 2.05) is 13.8 Å². The SMILES string of the molecule is CC[C@H]1NC(=O)[C@H](C)NC(=O)C(C)(C)C(=O)[C@H](C)NC(=O)[C@@H](Cc2ccc(OC)cc2)N(C)C(=O)[C@H](C(C)C)N(C)C(=O)CNC(=O)[C@H](CC(C)C)N(C)C(=O)CNC(=O)[C@@](C)([C@@H](C)CC)OC(=O)[C@@H]1C.